The van der Waals surface area contributed by atoms with Crippen LogP contribution in [0.3, 0.4) is 0 Å². The van der Waals surface area contributed by atoms with Gasteiger partial charge in [-0.2, -0.15) is 5.26 Å². The van der Waals surface area contributed by atoms with E-state index in [-0.39, 0.29) is 5.56 Å². The minimum absolute atomic E-state index is 0.120. The summed E-state index contributed by atoms with van der Waals surface area (Å²) >= 11 is 3.28. The fourth-order valence-corrected chi connectivity index (χ4v) is 2.18. The first-order chi connectivity index (χ1) is 10.1. The van der Waals surface area contributed by atoms with Gasteiger partial charge in [0.05, 0.1) is 18.7 Å². The molecule has 106 valence electrons. The first-order valence-electron chi connectivity index (χ1n) is 6.09. The molecule has 0 aliphatic carbocycles. The van der Waals surface area contributed by atoms with E-state index < -0.39 is 17.5 Å². The van der Waals surface area contributed by atoms with E-state index in [2.05, 4.69) is 15.9 Å². The molecule has 2 rings (SSSR count). The van der Waals surface area contributed by atoms with Crippen LogP contribution >= 0.6 is 15.9 Å². The van der Waals surface area contributed by atoms with Crippen molar-refractivity contribution >= 4 is 21.7 Å². The Morgan fingerprint density at radius 2 is 1.95 bits per heavy atom. The molecule has 21 heavy (non-hydrogen) atoms. The van der Waals surface area contributed by atoms with Crippen LogP contribution in [0.5, 0.6) is 5.75 Å². The van der Waals surface area contributed by atoms with Gasteiger partial charge in [0.15, 0.2) is 5.78 Å². The Morgan fingerprint density at radius 1 is 1.29 bits per heavy atom. The van der Waals surface area contributed by atoms with Crippen LogP contribution in [0.25, 0.3) is 0 Å². The van der Waals surface area contributed by atoms with Gasteiger partial charge in [-0.1, -0.05) is 28.1 Å². The zero-order chi connectivity index (χ0) is 15.4. The SMILES string of the molecule is COc1ccc(C(=O)C(C#N)c2ccc(Br)cc2)c(F)c1. The molecule has 5 heteroatoms. The zero-order valence-electron chi connectivity index (χ0n) is 11.1. The molecule has 0 amide bonds. The van der Waals surface area contributed by atoms with E-state index in [9.17, 15) is 14.4 Å². The van der Waals surface area contributed by atoms with E-state index in [1.165, 1.54) is 19.2 Å². The van der Waals surface area contributed by atoms with E-state index in [0.717, 1.165) is 10.5 Å². The van der Waals surface area contributed by atoms with Gasteiger partial charge in [-0.15, -0.1) is 0 Å². The van der Waals surface area contributed by atoms with Gasteiger partial charge in [0.1, 0.15) is 17.5 Å². The van der Waals surface area contributed by atoms with E-state index >= 15 is 0 Å². The van der Waals surface area contributed by atoms with Crippen molar-refractivity contribution < 1.29 is 13.9 Å². The van der Waals surface area contributed by atoms with Crippen LogP contribution in [0.2, 0.25) is 0 Å². The number of Topliss-reactive ketones (excluding diaryl/α,β-unsaturated/α-hetero) is 1. The molecule has 0 fully saturated rings. The molecule has 3 nitrogen and oxygen atoms in total. The molecular formula is C16H11BrFNO2. The van der Waals surface area contributed by atoms with E-state index in [1.807, 2.05) is 6.07 Å². The maximum Gasteiger partial charge on any atom is 0.187 e. The lowest BCUT2D eigenvalue weighted by molar-refractivity contribution is 0.0975. The summed E-state index contributed by atoms with van der Waals surface area (Å²) in [6.07, 6.45) is 0. The van der Waals surface area contributed by atoms with Gasteiger partial charge in [-0.3, -0.25) is 4.79 Å². The lowest BCUT2D eigenvalue weighted by Gasteiger charge is -2.10. The van der Waals surface area contributed by atoms with Crippen molar-refractivity contribution in [3.8, 4) is 11.8 Å². The van der Waals surface area contributed by atoms with Crippen molar-refractivity contribution in [3.05, 3.63) is 63.9 Å². The third-order valence-electron chi connectivity index (χ3n) is 3.04. The molecule has 0 N–H and O–H groups in total. The van der Waals surface area contributed by atoms with Gasteiger partial charge in [0, 0.05) is 10.5 Å². The smallest absolute Gasteiger partial charge is 0.187 e. The maximum atomic E-state index is 13.9. The Kier molecular flexibility index (Phi) is 4.71. The maximum absolute atomic E-state index is 13.9. The van der Waals surface area contributed by atoms with Crippen LogP contribution < -0.4 is 4.74 Å². The number of carbonyl (C=O) groups is 1. The quantitative estimate of drug-likeness (QED) is 0.782. The van der Waals surface area contributed by atoms with Crippen molar-refractivity contribution in [1.82, 2.24) is 0 Å². The molecule has 0 aliphatic heterocycles. The van der Waals surface area contributed by atoms with Crippen molar-refractivity contribution in [3.63, 3.8) is 0 Å². The molecule has 0 aromatic heterocycles. The number of hydrogen-bond acceptors (Lipinski definition) is 3. The van der Waals surface area contributed by atoms with Crippen LogP contribution in [-0.2, 0) is 0 Å². The number of halogens is 2. The van der Waals surface area contributed by atoms with E-state index in [1.54, 1.807) is 24.3 Å². The first kappa shape index (κ1) is 15.2. The lowest BCUT2D eigenvalue weighted by Crippen LogP contribution is -2.13. The highest BCUT2D eigenvalue weighted by Crippen LogP contribution is 2.25. The molecule has 0 bridgehead atoms. The van der Waals surface area contributed by atoms with Crippen molar-refractivity contribution in [2.75, 3.05) is 7.11 Å². The van der Waals surface area contributed by atoms with Crippen LogP contribution in [0.4, 0.5) is 4.39 Å². The van der Waals surface area contributed by atoms with Crippen LogP contribution in [0.15, 0.2) is 46.9 Å². The van der Waals surface area contributed by atoms with Gasteiger partial charge in [-0.05, 0) is 29.8 Å². The molecule has 0 aliphatic rings. The minimum atomic E-state index is -1.04. The van der Waals surface area contributed by atoms with Crippen molar-refractivity contribution in [2.24, 2.45) is 0 Å². The summed E-state index contributed by atoms with van der Waals surface area (Å²) in [5, 5.41) is 9.24. The molecule has 0 saturated carbocycles. The fourth-order valence-electron chi connectivity index (χ4n) is 1.92. The molecule has 1 unspecified atom stereocenters. The lowest BCUT2D eigenvalue weighted by atomic mass is 9.91. The summed E-state index contributed by atoms with van der Waals surface area (Å²) in [7, 11) is 1.41. The minimum Gasteiger partial charge on any atom is -0.497 e. The fraction of sp³-hybridized carbons (Fsp3) is 0.125. The summed E-state index contributed by atoms with van der Waals surface area (Å²) < 4.78 is 19.7. The number of ketones is 1. The van der Waals surface area contributed by atoms with E-state index in [0.29, 0.717) is 11.3 Å². The summed E-state index contributed by atoms with van der Waals surface area (Å²) in [6.45, 7) is 0. The number of carbonyl (C=O) groups excluding carboxylic acids is 1. The second-order valence-electron chi connectivity index (χ2n) is 4.32. The van der Waals surface area contributed by atoms with Crippen LogP contribution in [-0.4, -0.2) is 12.9 Å². The molecule has 2 aromatic rings. The Balaban J connectivity index is 2.37. The number of nitriles is 1. The standard InChI is InChI=1S/C16H11BrFNO2/c1-21-12-6-7-13(15(18)8-12)16(20)14(9-19)10-2-4-11(17)5-3-10/h2-8,14H,1H3. The third-order valence-corrected chi connectivity index (χ3v) is 3.57. The second-order valence-corrected chi connectivity index (χ2v) is 5.24. The predicted octanol–water partition coefficient (Wildman–Crippen LogP) is 4.09. The van der Waals surface area contributed by atoms with Gasteiger partial charge < -0.3 is 4.74 Å². The summed E-state index contributed by atoms with van der Waals surface area (Å²) in [5.41, 5.74) is 0.409. The Labute approximate surface area is 130 Å². The number of hydrogen-bond donors (Lipinski definition) is 0. The largest absolute Gasteiger partial charge is 0.497 e. The average Bonchev–Trinajstić information content (AvgIpc) is 2.49. The number of nitrogens with zero attached hydrogens (tertiary/aromatic N) is 1. The summed E-state index contributed by atoms with van der Waals surface area (Å²) in [5.74, 6) is -1.99. The van der Waals surface area contributed by atoms with Gasteiger partial charge >= 0.3 is 0 Å². The molecule has 0 spiro atoms. The molecule has 1 atom stereocenters. The normalized spacial score (nSPS) is 11.5. The van der Waals surface area contributed by atoms with Crippen LogP contribution in [0, 0.1) is 17.1 Å². The molecule has 0 saturated heterocycles. The highest BCUT2D eigenvalue weighted by atomic mass is 79.9. The zero-order valence-corrected chi connectivity index (χ0v) is 12.7. The number of ether oxygens (including phenoxy) is 1. The first-order valence-corrected chi connectivity index (χ1v) is 6.89. The molecule has 0 radical (unpaired) electrons. The third kappa shape index (κ3) is 3.29. The van der Waals surface area contributed by atoms with Gasteiger partial charge in [0.25, 0.3) is 0 Å². The summed E-state index contributed by atoms with van der Waals surface area (Å²) in [6, 6.07) is 12.7. The summed E-state index contributed by atoms with van der Waals surface area (Å²) in [4.78, 5) is 12.4. The number of methoxy groups -OCH3 is 1. The highest BCUT2D eigenvalue weighted by molar-refractivity contribution is 9.10. The highest BCUT2D eigenvalue weighted by Gasteiger charge is 2.24. The van der Waals surface area contributed by atoms with Crippen molar-refractivity contribution in [1.29, 1.82) is 5.26 Å². The topological polar surface area (TPSA) is 50.1 Å². The van der Waals surface area contributed by atoms with Gasteiger partial charge in [-0.25, -0.2) is 4.39 Å². The Bertz CT molecular complexity index is 707. The monoisotopic (exact) mass is 347 g/mol. The average molecular weight is 348 g/mol. The Hall–Kier alpha value is -2.19. The number of benzene rings is 2. The Morgan fingerprint density at radius 3 is 2.48 bits per heavy atom. The molecular weight excluding hydrogens is 337 g/mol. The van der Waals surface area contributed by atoms with Gasteiger partial charge in [0.2, 0.25) is 0 Å². The van der Waals surface area contributed by atoms with Crippen molar-refractivity contribution in [2.45, 2.75) is 5.92 Å². The predicted molar refractivity (Wildman–Crippen MR) is 79.8 cm³/mol. The molecule has 2 aromatic carbocycles. The number of rotatable bonds is 4. The van der Waals surface area contributed by atoms with Crippen LogP contribution in [0.1, 0.15) is 21.8 Å². The second kappa shape index (κ2) is 6.51. The van der Waals surface area contributed by atoms with E-state index in [4.69, 9.17) is 4.74 Å². The molecule has 0 heterocycles.